The van der Waals surface area contributed by atoms with Crippen molar-refractivity contribution in [3.05, 3.63) is 69.2 Å². The molecule has 146 valence electrons. The summed E-state index contributed by atoms with van der Waals surface area (Å²) in [5, 5.41) is 1.49. The van der Waals surface area contributed by atoms with Crippen molar-refractivity contribution in [2.45, 2.75) is 39.0 Å². The molecule has 0 aliphatic rings. The number of halogens is 1. The van der Waals surface area contributed by atoms with Crippen LogP contribution in [0.4, 0.5) is 0 Å². The first kappa shape index (κ1) is 20.4. The quantitative estimate of drug-likeness (QED) is 0.244. The molecule has 0 bridgehead atoms. The molecule has 0 saturated heterocycles. The second-order valence-corrected chi connectivity index (χ2v) is 7.88. The van der Waals surface area contributed by atoms with Crippen molar-refractivity contribution in [1.82, 2.24) is 14.1 Å². The molecule has 0 aliphatic heterocycles. The van der Waals surface area contributed by atoms with E-state index in [0.29, 0.717) is 33.2 Å². The van der Waals surface area contributed by atoms with Crippen molar-refractivity contribution in [2.24, 2.45) is 0 Å². The Labute approximate surface area is 173 Å². The van der Waals surface area contributed by atoms with Crippen LogP contribution in [0.5, 0.6) is 0 Å². The fraction of sp³-hybridized carbons (Fsp3) is 0.286. The van der Waals surface area contributed by atoms with E-state index in [4.69, 9.17) is 11.6 Å². The molecule has 0 amide bonds. The first-order chi connectivity index (χ1) is 13.4. The van der Waals surface area contributed by atoms with Crippen LogP contribution in [0.3, 0.4) is 0 Å². The predicted molar refractivity (Wildman–Crippen MR) is 116 cm³/mol. The summed E-state index contributed by atoms with van der Waals surface area (Å²) < 4.78 is 3.65. The molecule has 0 spiro atoms. The maximum absolute atomic E-state index is 12.8. The van der Waals surface area contributed by atoms with E-state index >= 15 is 0 Å². The summed E-state index contributed by atoms with van der Waals surface area (Å²) in [6.45, 7) is 10.9. The van der Waals surface area contributed by atoms with Crippen molar-refractivity contribution < 1.29 is 4.79 Å². The lowest BCUT2D eigenvalue weighted by Crippen LogP contribution is -2.23. The highest BCUT2D eigenvalue weighted by molar-refractivity contribution is 7.99. The van der Waals surface area contributed by atoms with Crippen molar-refractivity contribution in [3.63, 3.8) is 0 Å². The van der Waals surface area contributed by atoms with Gasteiger partial charge < -0.3 is 4.57 Å². The highest BCUT2D eigenvalue weighted by Gasteiger charge is 2.17. The molecule has 7 heteroatoms. The van der Waals surface area contributed by atoms with Crippen molar-refractivity contribution in [2.75, 3.05) is 5.75 Å². The number of carbonyl (C=O) groups excluding carboxylic acids is 1. The number of fused-ring (bicyclic) bond motifs is 1. The van der Waals surface area contributed by atoms with Gasteiger partial charge in [0.15, 0.2) is 10.9 Å². The third kappa shape index (κ3) is 3.80. The Morgan fingerprint density at radius 2 is 2.04 bits per heavy atom. The lowest BCUT2D eigenvalue weighted by molar-refractivity contribution is 0.102. The van der Waals surface area contributed by atoms with E-state index in [1.807, 2.05) is 19.9 Å². The van der Waals surface area contributed by atoms with Gasteiger partial charge in [0.25, 0.3) is 5.56 Å². The Hall–Kier alpha value is -2.31. The molecule has 28 heavy (non-hydrogen) atoms. The molecule has 3 rings (SSSR count). The van der Waals surface area contributed by atoms with Gasteiger partial charge in [0, 0.05) is 35.1 Å². The monoisotopic (exact) mass is 415 g/mol. The number of ketones is 1. The van der Waals surface area contributed by atoms with Gasteiger partial charge in [-0.25, -0.2) is 4.98 Å². The zero-order valence-electron chi connectivity index (χ0n) is 16.2. The molecule has 0 N–H and O–H groups in total. The number of nitrogens with zero attached hydrogens (tertiary/aromatic N) is 3. The molecule has 2 heterocycles. The average Bonchev–Trinajstić information content (AvgIpc) is 2.95. The van der Waals surface area contributed by atoms with Crippen LogP contribution in [-0.4, -0.2) is 25.7 Å². The highest BCUT2D eigenvalue weighted by Crippen LogP contribution is 2.23. The van der Waals surface area contributed by atoms with Gasteiger partial charge in [-0.15, -0.1) is 6.58 Å². The van der Waals surface area contributed by atoms with E-state index in [1.165, 1.54) is 16.3 Å². The third-order valence-electron chi connectivity index (χ3n) is 4.72. The lowest BCUT2D eigenvalue weighted by atomic mass is 10.2. The number of thioether (sulfide) groups is 1. The van der Waals surface area contributed by atoms with E-state index in [1.54, 1.807) is 24.3 Å². The molecule has 0 aliphatic carbocycles. The van der Waals surface area contributed by atoms with Gasteiger partial charge in [-0.05, 0) is 45.0 Å². The number of rotatable bonds is 7. The zero-order chi connectivity index (χ0) is 20.4. The number of benzene rings is 1. The third-order valence-corrected chi connectivity index (χ3v) is 5.93. The van der Waals surface area contributed by atoms with Crippen molar-refractivity contribution in [1.29, 1.82) is 0 Å². The number of aryl methyl sites for hydroxylation is 1. The summed E-state index contributed by atoms with van der Waals surface area (Å²) in [4.78, 5) is 30.2. The van der Waals surface area contributed by atoms with Gasteiger partial charge >= 0.3 is 0 Å². The maximum Gasteiger partial charge on any atom is 0.262 e. The molecule has 5 nitrogen and oxygen atoms in total. The van der Waals surface area contributed by atoms with Crippen LogP contribution < -0.4 is 5.56 Å². The number of Topliss-reactive ketones (excluding diaryl/α,β-unsaturated/α-hetero) is 1. The Balaban J connectivity index is 1.95. The van der Waals surface area contributed by atoms with Crippen LogP contribution in [0.25, 0.3) is 10.9 Å². The summed E-state index contributed by atoms with van der Waals surface area (Å²) >= 11 is 7.31. The van der Waals surface area contributed by atoms with Gasteiger partial charge in [0.2, 0.25) is 0 Å². The number of hydrogen-bond donors (Lipinski definition) is 0. The summed E-state index contributed by atoms with van der Waals surface area (Å²) in [5.74, 6) is 0.215. The van der Waals surface area contributed by atoms with Crippen LogP contribution in [0.1, 0.15) is 28.7 Å². The fourth-order valence-electron chi connectivity index (χ4n) is 3.35. The molecule has 0 atom stereocenters. The minimum Gasteiger partial charge on any atom is -0.349 e. The van der Waals surface area contributed by atoms with Gasteiger partial charge in [-0.3, -0.25) is 14.2 Å². The second-order valence-electron chi connectivity index (χ2n) is 6.50. The SMILES string of the molecule is C=CCn1c(SCC(=O)c2cc(C)n(CC)c2C)nc2cc(Cl)ccc2c1=O. The van der Waals surface area contributed by atoms with E-state index < -0.39 is 0 Å². The first-order valence-corrected chi connectivity index (χ1v) is 10.4. The predicted octanol–water partition coefficient (Wildman–Crippen LogP) is 4.65. The summed E-state index contributed by atoms with van der Waals surface area (Å²) in [6, 6.07) is 6.93. The Bertz CT molecular complexity index is 1130. The molecule has 0 unspecified atom stereocenters. The lowest BCUT2D eigenvalue weighted by Gasteiger charge is -2.11. The van der Waals surface area contributed by atoms with E-state index in [-0.39, 0.29) is 17.1 Å². The number of carbonyl (C=O) groups is 1. The Morgan fingerprint density at radius 3 is 2.68 bits per heavy atom. The molecule has 2 aromatic heterocycles. The summed E-state index contributed by atoms with van der Waals surface area (Å²) in [7, 11) is 0. The van der Waals surface area contributed by atoms with E-state index in [2.05, 4.69) is 23.1 Å². The zero-order valence-corrected chi connectivity index (χ0v) is 17.7. The second kappa shape index (κ2) is 8.37. The largest absolute Gasteiger partial charge is 0.349 e. The van der Waals surface area contributed by atoms with Crippen LogP contribution >= 0.6 is 23.4 Å². The first-order valence-electron chi connectivity index (χ1n) is 9.01. The summed E-state index contributed by atoms with van der Waals surface area (Å²) in [5.41, 5.74) is 3.11. The number of allylic oxidation sites excluding steroid dienone is 1. The summed E-state index contributed by atoms with van der Waals surface area (Å²) in [6.07, 6.45) is 1.64. The minimum absolute atomic E-state index is 0.0170. The van der Waals surface area contributed by atoms with Crippen LogP contribution in [0, 0.1) is 13.8 Å². The highest BCUT2D eigenvalue weighted by atomic mass is 35.5. The molecular weight excluding hydrogens is 394 g/mol. The van der Waals surface area contributed by atoms with Gasteiger partial charge in [0.05, 0.1) is 16.7 Å². The Morgan fingerprint density at radius 1 is 1.29 bits per heavy atom. The maximum atomic E-state index is 12.8. The minimum atomic E-state index is -0.166. The van der Waals surface area contributed by atoms with Gasteiger partial charge in [-0.2, -0.15) is 0 Å². The standard InChI is InChI=1S/C21H22ClN3O2S/c1-5-9-25-20(27)16-8-7-15(22)11-18(16)23-21(25)28-12-19(26)17-10-13(3)24(6-2)14(17)4/h5,7-8,10-11H,1,6,9,12H2,2-4H3. The molecular formula is C21H22ClN3O2S. The van der Waals surface area contributed by atoms with Gasteiger partial charge in [0.1, 0.15) is 0 Å². The number of hydrogen-bond acceptors (Lipinski definition) is 4. The van der Waals surface area contributed by atoms with Crippen LogP contribution in [0.15, 0.2) is 46.9 Å². The normalized spacial score (nSPS) is 11.1. The smallest absolute Gasteiger partial charge is 0.262 e. The molecule has 1 aromatic carbocycles. The Kier molecular flexibility index (Phi) is 6.10. The average molecular weight is 416 g/mol. The van der Waals surface area contributed by atoms with Gasteiger partial charge in [-0.1, -0.05) is 29.4 Å². The molecule has 0 fully saturated rings. The van der Waals surface area contributed by atoms with E-state index in [9.17, 15) is 9.59 Å². The molecule has 0 saturated carbocycles. The fourth-order valence-corrected chi connectivity index (χ4v) is 4.41. The molecule has 3 aromatic rings. The van der Waals surface area contributed by atoms with E-state index in [0.717, 1.165) is 17.9 Å². The van der Waals surface area contributed by atoms with Crippen molar-refractivity contribution >= 4 is 40.0 Å². The van der Waals surface area contributed by atoms with Crippen molar-refractivity contribution in [3.8, 4) is 0 Å². The topological polar surface area (TPSA) is 56.9 Å². The molecule has 0 radical (unpaired) electrons. The van der Waals surface area contributed by atoms with Crippen LogP contribution in [-0.2, 0) is 13.1 Å². The number of aromatic nitrogens is 3. The van der Waals surface area contributed by atoms with Crippen LogP contribution in [0.2, 0.25) is 5.02 Å².